The van der Waals surface area contributed by atoms with E-state index in [0.717, 1.165) is 27.8 Å². The average molecular weight is 336 g/mol. The van der Waals surface area contributed by atoms with Gasteiger partial charge in [0.2, 0.25) is 0 Å². The second-order valence-corrected chi connectivity index (χ2v) is 5.33. The molecule has 0 unspecified atom stereocenters. The smallest absolute Gasteiger partial charge is 0.251 e. The summed E-state index contributed by atoms with van der Waals surface area (Å²) >= 11 is 0. The van der Waals surface area contributed by atoms with Gasteiger partial charge in [-0.05, 0) is 35.7 Å². The largest absolute Gasteiger partial charge is 0.306 e. The highest BCUT2D eigenvalue weighted by atomic mass is 35.5. The van der Waals surface area contributed by atoms with Crippen molar-refractivity contribution in [3.8, 4) is 23.6 Å². The van der Waals surface area contributed by atoms with Crippen molar-refractivity contribution in [1.82, 2.24) is 14.0 Å². The number of nitrogens with zero attached hydrogens (tertiary/aromatic N) is 3. The number of aromatic nitrogens is 3. The minimum atomic E-state index is -0.0871. The molecule has 0 fully saturated rings. The van der Waals surface area contributed by atoms with E-state index in [9.17, 15) is 4.79 Å². The van der Waals surface area contributed by atoms with Gasteiger partial charge in [-0.3, -0.25) is 9.36 Å². The van der Waals surface area contributed by atoms with E-state index in [4.69, 9.17) is 6.42 Å². The minimum Gasteiger partial charge on any atom is -0.306 e. The first-order chi connectivity index (χ1) is 11.3. The van der Waals surface area contributed by atoms with Gasteiger partial charge < -0.3 is 4.40 Å². The number of rotatable bonds is 2. The Hall–Kier alpha value is -3.03. The Balaban J connectivity index is 0.00000169. The van der Waals surface area contributed by atoms with E-state index in [0.29, 0.717) is 0 Å². The molecule has 0 aliphatic carbocycles. The van der Waals surface area contributed by atoms with E-state index in [1.54, 1.807) is 10.6 Å². The maximum atomic E-state index is 11.9. The summed E-state index contributed by atoms with van der Waals surface area (Å²) in [4.78, 5) is 16.6. The summed E-state index contributed by atoms with van der Waals surface area (Å²) < 4.78 is 3.58. The highest BCUT2D eigenvalue weighted by Crippen LogP contribution is 2.23. The SMILES string of the molecule is C#CCn1c(=O)ccc2cc(-c3cn4ccccc4n3)ccc21.Cl. The fourth-order valence-electron chi connectivity index (χ4n) is 2.79. The van der Waals surface area contributed by atoms with Gasteiger partial charge in [-0.1, -0.05) is 18.1 Å². The molecule has 24 heavy (non-hydrogen) atoms. The summed E-state index contributed by atoms with van der Waals surface area (Å²) in [7, 11) is 0. The molecule has 0 radical (unpaired) electrons. The van der Waals surface area contributed by atoms with Gasteiger partial charge in [0, 0.05) is 24.0 Å². The maximum Gasteiger partial charge on any atom is 0.251 e. The predicted octanol–water partition coefficient (Wildman–Crippen LogP) is 3.37. The zero-order valence-electron chi connectivity index (χ0n) is 12.7. The fraction of sp³-hybridized carbons (Fsp3) is 0.0526. The summed E-state index contributed by atoms with van der Waals surface area (Å²) in [5.74, 6) is 2.53. The molecule has 0 aliphatic rings. The minimum absolute atomic E-state index is 0. The van der Waals surface area contributed by atoms with Crippen LogP contribution in [0.1, 0.15) is 0 Å². The molecule has 3 heterocycles. The normalized spacial score (nSPS) is 10.5. The molecule has 0 atom stereocenters. The quantitative estimate of drug-likeness (QED) is 0.527. The number of pyridine rings is 2. The molecule has 0 N–H and O–H groups in total. The van der Waals surface area contributed by atoms with Crippen LogP contribution in [0.4, 0.5) is 0 Å². The number of fused-ring (bicyclic) bond motifs is 2. The van der Waals surface area contributed by atoms with Gasteiger partial charge in [-0.25, -0.2) is 4.98 Å². The molecule has 0 aliphatic heterocycles. The molecule has 4 nitrogen and oxygen atoms in total. The number of benzene rings is 1. The van der Waals surface area contributed by atoms with Crippen molar-refractivity contribution >= 4 is 29.0 Å². The Bertz CT molecular complexity index is 1100. The van der Waals surface area contributed by atoms with E-state index in [1.165, 1.54) is 0 Å². The Morgan fingerprint density at radius 2 is 2.00 bits per heavy atom. The summed E-state index contributed by atoms with van der Waals surface area (Å²) in [5.41, 5.74) is 3.55. The molecule has 5 heteroatoms. The third-order valence-electron chi connectivity index (χ3n) is 3.90. The topological polar surface area (TPSA) is 39.3 Å². The van der Waals surface area contributed by atoms with Gasteiger partial charge in [-0.2, -0.15) is 0 Å². The lowest BCUT2D eigenvalue weighted by molar-refractivity contribution is 0.836. The Kier molecular flexibility index (Phi) is 4.11. The molecule has 0 amide bonds. The van der Waals surface area contributed by atoms with Crippen LogP contribution in [0.2, 0.25) is 0 Å². The van der Waals surface area contributed by atoms with E-state index in [-0.39, 0.29) is 24.5 Å². The third-order valence-corrected chi connectivity index (χ3v) is 3.90. The van der Waals surface area contributed by atoms with Gasteiger partial charge in [-0.15, -0.1) is 18.8 Å². The Morgan fingerprint density at radius 3 is 2.79 bits per heavy atom. The zero-order valence-corrected chi connectivity index (χ0v) is 13.5. The van der Waals surface area contributed by atoms with Gasteiger partial charge in [0.1, 0.15) is 5.65 Å². The van der Waals surface area contributed by atoms with Crippen molar-refractivity contribution in [1.29, 1.82) is 0 Å². The molecule has 4 aromatic rings. The second kappa shape index (κ2) is 6.23. The first kappa shape index (κ1) is 15.9. The standard InChI is InChI=1S/C19H13N3O.ClH/c1-2-10-22-17-8-6-14(12-15(17)7-9-19(22)23)16-13-21-11-4-3-5-18(21)20-16;/h1,3-9,11-13H,10H2;1H. The number of terminal acetylenes is 1. The molecule has 0 saturated heterocycles. The highest BCUT2D eigenvalue weighted by Gasteiger charge is 2.07. The number of hydrogen-bond acceptors (Lipinski definition) is 2. The molecule has 1 aromatic carbocycles. The van der Waals surface area contributed by atoms with Crippen LogP contribution in [-0.2, 0) is 6.54 Å². The molecule has 4 rings (SSSR count). The lowest BCUT2D eigenvalue weighted by Crippen LogP contribution is -2.18. The lowest BCUT2D eigenvalue weighted by atomic mass is 10.1. The fourth-order valence-corrected chi connectivity index (χ4v) is 2.79. The van der Waals surface area contributed by atoms with Crippen molar-refractivity contribution in [3.63, 3.8) is 0 Å². The highest BCUT2D eigenvalue weighted by molar-refractivity contribution is 5.85. The van der Waals surface area contributed by atoms with Crippen LogP contribution in [0.15, 0.2) is 65.7 Å². The van der Waals surface area contributed by atoms with Gasteiger partial charge in [0.05, 0.1) is 17.8 Å². The summed E-state index contributed by atoms with van der Waals surface area (Å²) in [5, 5.41) is 0.967. The molecule has 0 bridgehead atoms. The average Bonchev–Trinajstić information content (AvgIpc) is 3.01. The van der Waals surface area contributed by atoms with Crippen molar-refractivity contribution < 1.29 is 0 Å². The van der Waals surface area contributed by atoms with Crippen LogP contribution in [0.25, 0.3) is 27.8 Å². The molecular formula is C19H14ClN3O. The van der Waals surface area contributed by atoms with E-state index < -0.39 is 0 Å². The van der Waals surface area contributed by atoms with Gasteiger partial charge in [0.25, 0.3) is 5.56 Å². The first-order valence-corrected chi connectivity index (χ1v) is 7.27. The van der Waals surface area contributed by atoms with Gasteiger partial charge >= 0.3 is 0 Å². The number of halogens is 1. The van der Waals surface area contributed by atoms with E-state index >= 15 is 0 Å². The van der Waals surface area contributed by atoms with Crippen molar-refractivity contribution in [2.75, 3.05) is 0 Å². The van der Waals surface area contributed by atoms with E-state index in [1.807, 2.05) is 59.3 Å². The Morgan fingerprint density at radius 1 is 1.12 bits per heavy atom. The van der Waals surface area contributed by atoms with Crippen LogP contribution in [0.3, 0.4) is 0 Å². The Labute approximate surface area is 144 Å². The maximum absolute atomic E-state index is 11.9. The summed E-state index contributed by atoms with van der Waals surface area (Å²) in [6.45, 7) is 0.268. The first-order valence-electron chi connectivity index (χ1n) is 7.27. The predicted molar refractivity (Wildman–Crippen MR) is 98.5 cm³/mol. The summed E-state index contributed by atoms with van der Waals surface area (Å²) in [6.07, 6.45) is 9.33. The molecule has 0 spiro atoms. The lowest BCUT2D eigenvalue weighted by Gasteiger charge is -2.07. The second-order valence-electron chi connectivity index (χ2n) is 5.33. The third kappa shape index (κ3) is 2.55. The molecular weight excluding hydrogens is 322 g/mol. The van der Waals surface area contributed by atoms with E-state index in [2.05, 4.69) is 10.9 Å². The van der Waals surface area contributed by atoms with Gasteiger partial charge in [0.15, 0.2) is 0 Å². The molecule has 3 aromatic heterocycles. The monoisotopic (exact) mass is 335 g/mol. The molecule has 118 valence electrons. The van der Waals surface area contributed by atoms with Crippen molar-refractivity contribution in [3.05, 3.63) is 71.3 Å². The van der Waals surface area contributed by atoms with Crippen LogP contribution < -0.4 is 5.56 Å². The number of hydrogen-bond donors (Lipinski definition) is 0. The van der Waals surface area contributed by atoms with Crippen molar-refractivity contribution in [2.24, 2.45) is 0 Å². The van der Waals surface area contributed by atoms with Crippen LogP contribution in [0.5, 0.6) is 0 Å². The zero-order chi connectivity index (χ0) is 15.8. The van der Waals surface area contributed by atoms with Crippen molar-refractivity contribution in [2.45, 2.75) is 6.54 Å². The van der Waals surface area contributed by atoms with Crippen LogP contribution in [-0.4, -0.2) is 14.0 Å². The van der Waals surface area contributed by atoms with Crippen LogP contribution >= 0.6 is 12.4 Å². The summed E-state index contributed by atoms with van der Waals surface area (Å²) in [6, 6.07) is 15.2. The number of imidazole rings is 1. The molecule has 0 saturated carbocycles. The van der Waals surface area contributed by atoms with Crippen LogP contribution in [0, 0.1) is 12.3 Å².